The van der Waals surface area contributed by atoms with Crippen molar-refractivity contribution in [2.75, 3.05) is 13.1 Å². The van der Waals surface area contributed by atoms with Crippen LogP contribution in [0.2, 0.25) is 0 Å². The van der Waals surface area contributed by atoms with E-state index in [2.05, 4.69) is 58.0 Å². The van der Waals surface area contributed by atoms with E-state index in [4.69, 9.17) is 0 Å². The van der Waals surface area contributed by atoms with Crippen molar-refractivity contribution in [1.82, 2.24) is 0 Å². The van der Waals surface area contributed by atoms with Crippen molar-refractivity contribution in [1.29, 1.82) is 0 Å². The lowest BCUT2D eigenvalue weighted by molar-refractivity contribution is -0.837. The smallest absolute Gasteiger partial charge is 0.131 e. The Kier molecular flexibility index (Phi) is 10.2. The zero-order valence-electron chi connectivity index (χ0n) is 15.4. The number of benzene rings is 1. The minimum absolute atomic E-state index is 0.818. The molecule has 0 radical (unpaired) electrons. The van der Waals surface area contributed by atoms with Crippen molar-refractivity contribution in [2.24, 2.45) is 11.8 Å². The molecule has 0 saturated heterocycles. The monoisotopic (exact) mass is 304 g/mol. The van der Waals surface area contributed by atoms with E-state index in [1.807, 2.05) is 0 Å². The van der Waals surface area contributed by atoms with Crippen LogP contribution >= 0.6 is 0 Å². The molecule has 1 rings (SSSR count). The minimum atomic E-state index is 0.818. The molecule has 126 valence electrons. The van der Waals surface area contributed by atoms with Crippen LogP contribution in [-0.4, -0.2) is 13.1 Å². The Labute approximate surface area is 139 Å². The van der Waals surface area contributed by atoms with Gasteiger partial charge in [0, 0.05) is 5.92 Å². The highest BCUT2D eigenvalue weighted by molar-refractivity contribution is 5.27. The van der Waals surface area contributed by atoms with Gasteiger partial charge in [-0.1, -0.05) is 71.6 Å². The molecule has 1 nitrogen and oxygen atoms in total. The lowest BCUT2D eigenvalue weighted by Crippen LogP contribution is -3.08. The molecule has 0 aliphatic heterocycles. The van der Waals surface area contributed by atoms with E-state index < -0.39 is 0 Å². The summed E-state index contributed by atoms with van der Waals surface area (Å²) in [6.07, 6.45) is 9.52. The third-order valence-corrected chi connectivity index (χ3v) is 4.95. The summed E-state index contributed by atoms with van der Waals surface area (Å²) in [4.78, 5) is 1.68. The summed E-state index contributed by atoms with van der Waals surface area (Å²) in [6, 6.07) is 11.1. The molecule has 3 unspecified atom stereocenters. The Morgan fingerprint density at radius 1 is 0.909 bits per heavy atom. The first-order valence-corrected chi connectivity index (χ1v) is 9.61. The van der Waals surface area contributed by atoms with E-state index in [1.54, 1.807) is 4.90 Å². The van der Waals surface area contributed by atoms with Crippen molar-refractivity contribution in [3.63, 3.8) is 0 Å². The van der Waals surface area contributed by atoms with Crippen molar-refractivity contribution in [2.45, 2.75) is 72.6 Å². The summed E-state index contributed by atoms with van der Waals surface area (Å²) in [6.45, 7) is 12.0. The second kappa shape index (κ2) is 11.7. The van der Waals surface area contributed by atoms with E-state index in [0.717, 1.165) is 11.8 Å². The average Bonchev–Trinajstić information content (AvgIpc) is 2.56. The number of quaternary nitrogens is 1. The first-order valence-electron chi connectivity index (χ1n) is 9.61. The van der Waals surface area contributed by atoms with Gasteiger partial charge in [0.15, 0.2) is 0 Å². The van der Waals surface area contributed by atoms with Gasteiger partial charge in [-0.3, -0.25) is 0 Å². The summed E-state index contributed by atoms with van der Waals surface area (Å²) < 4.78 is 0. The zero-order valence-corrected chi connectivity index (χ0v) is 15.4. The molecule has 0 aliphatic carbocycles. The average molecular weight is 305 g/mol. The van der Waals surface area contributed by atoms with Crippen molar-refractivity contribution in [3.8, 4) is 0 Å². The van der Waals surface area contributed by atoms with Crippen LogP contribution in [-0.2, 0) is 0 Å². The van der Waals surface area contributed by atoms with Gasteiger partial charge in [0.25, 0.3) is 0 Å². The van der Waals surface area contributed by atoms with E-state index in [1.165, 1.54) is 63.7 Å². The second-order valence-electron chi connectivity index (χ2n) is 7.02. The van der Waals surface area contributed by atoms with Crippen LogP contribution in [0.4, 0.5) is 5.69 Å². The van der Waals surface area contributed by atoms with Gasteiger partial charge in [0.05, 0.1) is 13.1 Å². The first-order chi connectivity index (χ1) is 10.7. The Morgan fingerprint density at radius 3 is 2.23 bits per heavy atom. The lowest BCUT2D eigenvalue weighted by Gasteiger charge is -2.24. The van der Waals surface area contributed by atoms with E-state index in [0.29, 0.717) is 0 Å². The Bertz CT molecular complexity index is 359. The highest BCUT2D eigenvalue weighted by Gasteiger charge is 2.17. The summed E-state index contributed by atoms with van der Waals surface area (Å²) in [5, 5.41) is 0. The van der Waals surface area contributed by atoms with Crippen molar-refractivity contribution in [3.05, 3.63) is 30.3 Å². The molecule has 0 saturated carbocycles. The molecule has 0 bridgehead atoms. The van der Waals surface area contributed by atoms with Gasteiger partial charge in [0.2, 0.25) is 0 Å². The van der Waals surface area contributed by atoms with Gasteiger partial charge in [-0.15, -0.1) is 0 Å². The molecule has 22 heavy (non-hydrogen) atoms. The maximum absolute atomic E-state index is 2.45. The highest BCUT2D eigenvalue weighted by Crippen LogP contribution is 2.19. The molecule has 1 N–H and O–H groups in total. The fraction of sp³-hybridized carbons (Fsp3) is 0.714. The Morgan fingerprint density at radius 2 is 1.64 bits per heavy atom. The zero-order chi connectivity index (χ0) is 16.2. The number of hydrogen-bond acceptors (Lipinski definition) is 0. The topological polar surface area (TPSA) is 4.44 Å². The van der Waals surface area contributed by atoms with Gasteiger partial charge in [-0.25, -0.2) is 0 Å². The van der Waals surface area contributed by atoms with Crippen LogP contribution in [0, 0.1) is 11.8 Å². The third kappa shape index (κ3) is 7.45. The number of unbranched alkanes of at least 4 members (excludes halogenated alkanes) is 1. The predicted molar refractivity (Wildman–Crippen MR) is 98.8 cm³/mol. The Balaban J connectivity index is 2.50. The largest absolute Gasteiger partial charge is 0.302 e. The predicted octanol–water partition coefficient (Wildman–Crippen LogP) is 5.25. The summed E-state index contributed by atoms with van der Waals surface area (Å²) in [5.74, 6) is 1.77. The first kappa shape index (κ1) is 19.2. The summed E-state index contributed by atoms with van der Waals surface area (Å²) >= 11 is 0. The molecule has 0 heterocycles. The molecule has 0 aromatic heterocycles. The number of rotatable bonds is 12. The van der Waals surface area contributed by atoms with E-state index >= 15 is 0 Å². The fourth-order valence-electron chi connectivity index (χ4n) is 3.43. The van der Waals surface area contributed by atoms with E-state index in [9.17, 15) is 0 Å². The summed E-state index contributed by atoms with van der Waals surface area (Å²) in [5.41, 5.74) is 1.48. The highest BCUT2D eigenvalue weighted by atomic mass is 15.1. The molecule has 1 heteroatoms. The van der Waals surface area contributed by atoms with Crippen LogP contribution in [0.5, 0.6) is 0 Å². The molecular weight excluding hydrogens is 266 g/mol. The van der Waals surface area contributed by atoms with Crippen LogP contribution in [0.1, 0.15) is 72.6 Å². The van der Waals surface area contributed by atoms with Crippen LogP contribution < -0.4 is 4.90 Å². The number of para-hydroxylation sites is 1. The van der Waals surface area contributed by atoms with Gasteiger partial charge in [0.1, 0.15) is 5.69 Å². The summed E-state index contributed by atoms with van der Waals surface area (Å²) in [7, 11) is 0. The SMILES string of the molecule is CCCC[NH+](CC(C)CCC(CC)CCC)c1ccccc1. The molecular formula is C21H38N+. The van der Waals surface area contributed by atoms with Gasteiger partial charge in [-0.05, 0) is 37.3 Å². The fourth-order valence-corrected chi connectivity index (χ4v) is 3.43. The second-order valence-corrected chi connectivity index (χ2v) is 7.02. The molecule has 1 aromatic carbocycles. The van der Waals surface area contributed by atoms with Crippen molar-refractivity contribution >= 4 is 5.69 Å². The van der Waals surface area contributed by atoms with Crippen LogP contribution in [0.3, 0.4) is 0 Å². The molecule has 3 atom stereocenters. The number of nitrogens with one attached hydrogen (secondary N) is 1. The van der Waals surface area contributed by atoms with Crippen molar-refractivity contribution < 1.29 is 4.90 Å². The van der Waals surface area contributed by atoms with Gasteiger partial charge < -0.3 is 4.90 Å². The number of hydrogen-bond donors (Lipinski definition) is 1. The maximum Gasteiger partial charge on any atom is 0.131 e. The van der Waals surface area contributed by atoms with Crippen LogP contribution in [0.25, 0.3) is 0 Å². The normalized spacial score (nSPS) is 15.5. The van der Waals surface area contributed by atoms with Gasteiger partial charge in [-0.2, -0.15) is 0 Å². The van der Waals surface area contributed by atoms with E-state index in [-0.39, 0.29) is 0 Å². The molecule has 0 fully saturated rings. The molecule has 0 aliphatic rings. The molecule has 0 spiro atoms. The van der Waals surface area contributed by atoms with Crippen LogP contribution in [0.15, 0.2) is 30.3 Å². The minimum Gasteiger partial charge on any atom is -0.302 e. The maximum atomic E-state index is 2.45. The Hall–Kier alpha value is -0.820. The van der Waals surface area contributed by atoms with Gasteiger partial charge >= 0.3 is 0 Å². The quantitative estimate of drug-likeness (QED) is 0.538. The lowest BCUT2D eigenvalue weighted by atomic mass is 9.91. The molecule has 0 amide bonds. The molecule has 1 aromatic rings. The standard InChI is InChI=1S/C21H37N/c1-5-8-17-22(21-13-10-9-11-14-21)18-19(4)15-16-20(7-3)12-6-2/h9-11,13-14,19-20H,5-8,12,15-18H2,1-4H3/p+1. The third-order valence-electron chi connectivity index (χ3n) is 4.95.